The van der Waals surface area contributed by atoms with Crippen LogP contribution in [0.4, 0.5) is 10.0 Å². The minimum atomic E-state index is -0.513. The molecule has 2 aliphatic carbocycles. The minimum absolute atomic E-state index is 0.134. The van der Waals surface area contributed by atoms with Crippen LogP contribution in [0.15, 0.2) is 0 Å². The second-order valence-corrected chi connectivity index (χ2v) is 13.1. The first-order valence-electron chi connectivity index (χ1n) is 14.2. The van der Waals surface area contributed by atoms with Crippen LogP contribution in [0.1, 0.15) is 113 Å². The summed E-state index contributed by atoms with van der Waals surface area (Å²) in [7, 11) is 0. The lowest BCUT2D eigenvalue weighted by Gasteiger charge is -2.21. The van der Waals surface area contributed by atoms with E-state index in [1.807, 2.05) is 0 Å². The molecule has 0 aromatic carbocycles. The largest absolute Gasteiger partial charge is 0.365 e. The first-order valence-corrected chi connectivity index (χ1v) is 15.8. The Bertz CT molecular complexity index is 1150. The smallest absolute Gasteiger partial charge is 0.251 e. The van der Waals surface area contributed by atoms with Gasteiger partial charge in [-0.3, -0.25) is 19.2 Å². The number of nitrogens with one attached hydrogen (secondary N) is 2. The van der Waals surface area contributed by atoms with Gasteiger partial charge in [0.25, 0.3) is 11.8 Å². The first-order chi connectivity index (χ1) is 18.7. The molecule has 2 aromatic rings. The number of thiophene rings is 2. The molecule has 0 saturated heterocycles. The van der Waals surface area contributed by atoms with Gasteiger partial charge in [0.15, 0.2) is 0 Å². The van der Waals surface area contributed by atoms with Crippen molar-refractivity contribution in [2.24, 2.45) is 23.3 Å². The van der Waals surface area contributed by atoms with Gasteiger partial charge in [-0.15, -0.1) is 22.7 Å². The van der Waals surface area contributed by atoms with Crippen LogP contribution in [-0.4, -0.2) is 23.6 Å². The molecule has 0 fully saturated rings. The van der Waals surface area contributed by atoms with E-state index in [4.69, 9.17) is 11.5 Å². The second kappa shape index (κ2) is 13.1. The maximum Gasteiger partial charge on any atom is 0.251 e. The van der Waals surface area contributed by atoms with Crippen LogP contribution in [0.5, 0.6) is 0 Å². The quantitative estimate of drug-likeness (QED) is 0.264. The number of carbonyl (C=O) groups excluding carboxylic acids is 4. The highest BCUT2D eigenvalue weighted by Crippen LogP contribution is 2.42. The summed E-state index contributed by atoms with van der Waals surface area (Å²) in [5.74, 6) is -0.320. The van der Waals surface area contributed by atoms with Gasteiger partial charge in [0, 0.05) is 22.6 Å². The van der Waals surface area contributed by atoms with Crippen LogP contribution in [0, 0.1) is 11.8 Å². The molecule has 2 aliphatic rings. The summed E-state index contributed by atoms with van der Waals surface area (Å²) in [6.45, 7) is 4.36. The van der Waals surface area contributed by atoms with E-state index < -0.39 is 11.8 Å². The maximum absolute atomic E-state index is 12.7. The molecule has 2 atom stereocenters. The van der Waals surface area contributed by atoms with E-state index in [2.05, 4.69) is 24.5 Å². The molecule has 0 bridgehead atoms. The molecule has 2 unspecified atom stereocenters. The molecule has 0 aliphatic heterocycles. The molecule has 2 heterocycles. The number of amides is 4. The predicted molar refractivity (Wildman–Crippen MR) is 158 cm³/mol. The lowest BCUT2D eigenvalue weighted by molar-refractivity contribution is -0.117. The topological polar surface area (TPSA) is 144 Å². The fraction of sp³-hybridized carbons (Fsp3) is 0.586. The highest BCUT2D eigenvalue weighted by atomic mass is 32.1. The summed E-state index contributed by atoms with van der Waals surface area (Å²) in [6, 6.07) is 0. The molecule has 212 valence electrons. The predicted octanol–water partition coefficient (Wildman–Crippen LogP) is 5.56. The average Bonchev–Trinajstić information content (AvgIpc) is 3.41. The van der Waals surface area contributed by atoms with Gasteiger partial charge in [0.2, 0.25) is 11.8 Å². The summed E-state index contributed by atoms with van der Waals surface area (Å²) in [4.78, 5) is 52.2. The third kappa shape index (κ3) is 6.90. The third-order valence-electron chi connectivity index (χ3n) is 7.93. The zero-order valence-corrected chi connectivity index (χ0v) is 24.6. The van der Waals surface area contributed by atoms with Crippen molar-refractivity contribution in [1.82, 2.24) is 0 Å². The number of hydrogen-bond acceptors (Lipinski definition) is 6. The molecule has 39 heavy (non-hydrogen) atoms. The first kappa shape index (κ1) is 29.3. The van der Waals surface area contributed by atoms with E-state index in [0.29, 0.717) is 39.4 Å². The fourth-order valence-electron chi connectivity index (χ4n) is 6.10. The van der Waals surface area contributed by atoms with Gasteiger partial charge in [0.05, 0.1) is 11.1 Å². The summed E-state index contributed by atoms with van der Waals surface area (Å²) in [5, 5.41) is 6.81. The molecular weight excluding hydrogens is 532 g/mol. The van der Waals surface area contributed by atoms with E-state index in [0.717, 1.165) is 85.1 Å². The number of nitrogens with two attached hydrogens (primary N) is 2. The monoisotopic (exact) mass is 572 g/mol. The summed E-state index contributed by atoms with van der Waals surface area (Å²) < 4.78 is 0. The molecule has 4 rings (SSSR count). The van der Waals surface area contributed by atoms with Gasteiger partial charge in [-0.25, -0.2) is 0 Å². The van der Waals surface area contributed by atoms with Crippen LogP contribution in [-0.2, 0) is 35.3 Å². The number of anilines is 2. The molecule has 10 heteroatoms. The van der Waals surface area contributed by atoms with Crippen molar-refractivity contribution in [3.8, 4) is 0 Å². The Kier molecular flexibility index (Phi) is 9.82. The second-order valence-electron chi connectivity index (χ2n) is 10.9. The SMILES string of the molecule is CCCC1CCc2c(sc(NC(=O)CCCC(=O)Nc3sc4c(c3C(N)=O)CCC(CCC)C4)c2C(N)=O)C1. The molecule has 0 saturated carbocycles. The maximum atomic E-state index is 12.7. The van der Waals surface area contributed by atoms with Crippen LogP contribution >= 0.6 is 22.7 Å². The van der Waals surface area contributed by atoms with E-state index in [1.165, 1.54) is 22.7 Å². The molecule has 0 radical (unpaired) electrons. The third-order valence-corrected chi connectivity index (χ3v) is 10.3. The van der Waals surface area contributed by atoms with Crippen molar-refractivity contribution < 1.29 is 19.2 Å². The fourth-order valence-corrected chi connectivity index (χ4v) is 8.87. The van der Waals surface area contributed by atoms with Gasteiger partial charge in [-0.05, 0) is 67.9 Å². The van der Waals surface area contributed by atoms with Crippen molar-refractivity contribution in [2.45, 2.75) is 97.3 Å². The van der Waals surface area contributed by atoms with Gasteiger partial charge in [-0.1, -0.05) is 39.5 Å². The molecule has 8 nitrogen and oxygen atoms in total. The van der Waals surface area contributed by atoms with Crippen molar-refractivity contribution in [2.75, 3.05) is 10.6 Å². The van der Waals surface area contributed by atoms with E-state index >= 15 is 0 Å². The van der Waals surface area contributed by atoms with Crippen molar-refractivity contribution in [3.63, 3.8) is 0 Å². The highest BCUT2D eigenvalue weighted by molar-refractivity contribution is 7.17. The van der Waals surface area contributed by atoms with Gasteiger partial charge >= 0.3 is 0 Å². The number of hydrogen-bond donors (Lipinski definition) is 4. The highest BCUT2D eigenvalue weighted by Gasteiger charge is 2.30. The number of rotatable bonds is 12. The lowest BCUT2D eigenvalue weighted by Crippen LogP contribution is -2.20. The standard InChI is InChI=1S/C29H40N4O4S2/c1-3-6-16-10-12-18-20(14-16)38-28(24(18)26(30)36)32-22(34)8-5-9-23(35)33-29-25(27(31)37)19-13-11-17(7-4-2)15-21(19)39-29/h16-17H,3-15H2,1-2H3,(H2,30,36)(H2,31,37)(H,32,34)(H,33,35). The average molecular weight is 573 g/mol. The van der Waals surface area contributed by atoms with Crippen LogP contribution in [0.25, 0.3) is 0 Å². The van der Waals surface area contributed by atoms with Crippen LogP contribution in [0.3, 0.4) is 0 Å². The van der Waals surface area contributed by atoms with Gasteiger partial charge < -0.3 is 22.1 Å². The van der Waals surface area contributed by atoms with E-state index in [-0.39, 0.29) is 24.7 Å². The van der Waals surface area contributed by atoms with Crippen molar-refractivity contribution in [1.29, 1.82) is 0 Å². The molecule has 0 spiro atoms. The van der Waals surface area contributed by atoms with Gasteiger partial charge in [-0.2, -0.15) is 0 Å². The van der Waals surface area contributed by atoms with Crippen molar-refractivity contribution in [3.05, 3.63) is 32.0 Å². The van der Waals surface area contributed by atoms with Gasteiger partial charge in [0.1, 0.15) is 10.0 Å². The Morgan fingerprint density at radius 3 is 1.51 bits per heavy atom. The van der Waals surface area contributed by atoms with E-state index in [9.17, 15) is 19.2 Å². The Hall–Kier alpha value is -2.72. The molecular formula is C29H40N4O4S2. The number of fused-ring (bicyclic) bond motifs is 2. The number of primary amides is 2. The zero-order chi connectivity index (χ0) is 28.1. The Labute approximate surface area is 238 Å². The Morgan fingerprint density at radius 1 is 0.744 bits per heavy atom. The van der Waals surface area contributed by atoms with Crippen molar-refractivity contribution >= 4 is 56.3 Å². The molecule has 6 N–H and O–H groups in total. The number of carbonyl (C=O) groups is 4. The summed E-state index contributed by atoms with van der Waals surface area (Å²) in [6.07, 6.45) is 10.7. The van der Waals surface area contributed by atoms with E-state index in [1.54, 1.807) is 0 Å². The summed E-state index contributed by atoms with van der Waals surface area (Å²) in [5.41, 5.74) is 14.2. The molecule has 2 aromatic heterocycles. The lowest BCUT2D eigenvalue weighted by atomic mass is 9.84. The normalized spacial score (nSPS) is 18.2. The Balaban J connectivity index is 1.33. The van der Waals surface area contributed by atoms with Crippen LogP contribution in [0.2, 0.25) is 0 Å². The summed E-state index contributed by atoms with van der Waals surface area (Å²) >= 11 is 2.91. The van der Waals surface area contributed by atoms with Crippen LogP contribution < -0.4 is 22.1 Å². The Morgan fingerprint density at radius 2 is 1.15 bits per heavy atom. The zero-order valence-electron chi connectivity index (χ0n) is 23.0. The molecule has 4 amide bonds. The minimum Gasteiger partial charge on any atom is -0.365 e.